The molecule has 0 spiro atoms. The number of hydrogen-bond acceptors (Lipinski definition) is 3. The lowest BCUT2D eigenvalue weighted by molar-refractivity contribution is 0.206. The van der Waals surface area contributed by atoms with Gasteiger partial charge in [-0.25, -0.2) is 13.7 Å². The second-order valence-corrected chi connectivity index (χ2v) is 3.86. The van der Waals surface area contributed by atoms with E-state index in [2.05, 4.69) is 4.74 Å². The maximum Gasteiger partial charge on any atom is 0.426 e. The summed E-state index contributed by atoms with van der Waals surface area (Å²) in [5.74, 6) is 0.0454. The first-order valence-electron chi connectivity index (χ1n) is 3.53. The molecule has 15 heavy (non-hydrogen) atoms. The van der Waals surface area contributed by atoms with E-state index in [4.69, 9.17) is 27.8 Å². The topological polar surface area (TPSA) is 75.6 Å². The molecule has 0 aliphatic carbocycles. The lowest BCUT2D eigenvalue weighted by Crippen LogP contribution is -2.28. The van der Waals surface area contributed by atoms with Crippen LogP contribution < -0.4 is 9.46 Å². The van der Waals surface area contributed by atoms with Gasteiger partial charge in [-0.05, 0) is 18.2 Å². The molecule has 0 aliphatic rings. The van der Waals surface area contributed by atoms with Gasteiger partial charge < -0.3 is 4.74 Å². The zero-order valence-corrected chi connectivity index (χ0v) is 9.40. The largest absolute Gasteiger partial charge is 0.426 e. The molecule has 1 aromatic rings. The first kappa shape index (κ1) is 12.3. The van der Waals surface area contributed by atoms with E-state index >= 15 is 0 Å². The standard InChI is InChI=1S/C7H5Cl2NO4S/c8-4-1-2-6(5(9)3-4)14-7(11)10-15(12)13/h1-3H,(H,10,11)(H,12,13). The normalized spacial score (nSPS) is 11.9. The summed E-state index contributed by atoms with van der Waals surface area (Å²) in [6.45, 7) is 0. The van der Waals surface area contributed by atoms with Crippen molar-refractivity contribution in [2.75, 3.05) is 0 Å². The van der Waals surface area contributed by atoms with E-state index in [0.717, 1.165) is 0 Å². The van der Waals surface area contributed by atoms with Crippen molar-refractivity contribution in [3.05, 3.63) is 28.2 Å². The van der Waals surface area contributed by atoms with Gasteiger partial charge in [0.2, 0.25) is 0 Å². The van der Waals surface area contributed by atoms with Crippen molar-refractivity contribution in [1.82, 2.24) is 4.72 Å². The van der Waals surface area contributed by atoms with Crippen molar-refractivity contribution in [2.24, 2.45) is 0 Å². The van der Waals surface area contributed by atoms with Crippen molar-refractivity contribution in [1.29, 1.82) is 0 Å². The number of ether oxygens (including phenoxy) is 1. The zero-order chi connectivity index (χ0) is 11.4. The minimum atomic E-state index is -2.47. The van der Waals surface area contributed by atoms with Crippen LogP contribution in [0, 0.1) is 0 Å². The molecule has 0 radical (unpaired) electrons. The van der Waals surface area contributed by atoms with Gasteiger partial charge >= 0.3 is 6.09 Å². The minimum Gasteiger partial charge on any atom is -0.408 e. The Hall–Kier alpha value is -0.820. The molecule has 0 aliphatic heterocycles. The summed E-state index contributed by atoms with van der Waals surface area (Å²) < 4.78 is 24.7. The molecule has 0 saturated carbocycles. The Labute approximate surface area is 97.7 Å². The van der Waals surface area contributed by atoms with E-state index < -0.39 is 17.4 Å². The third-order valence-electron chi connectivity index (χ3n) is 1.27. The molecule has 0 fully saturated rings. The monoisotopic (exact) mass is 269 g/mol. The molecule has 0 heterocycles. The molecule has 0 bridgehead atoms. The molecular formula is C7H5Cl2NO4S. The maximum atomic E-state index is 10.9. The molecule has 1 amide bonds. The number of nitrogens with one attached hydrogen (secondary N) is 1. The molecule has 82 valence electrons. The third-order valence-corrected chi connectivity index (χ3v) is 2.14. The van der Waals surface area contributed by atoms with Crippen LogP contribution in [0.4, 0.5) is 4.79 Å². The van der Waals surface area contributed by atoms with E-state index in [0.29, 0.717) is 5.02 Å². The first-order chi connectivity index (χ1) is 6.99. The summed E-state index contributed by atoms with van der Waals surface area (Å²) in [7, 11) is 0. The Balaban J connectivity index is 2.72. The number of hydrogen-bond donors (Lipinski definition) is 2. The number of benzene rings is 1. The summed E-state index contributed by atoms with van der Waals surface area (Å²) in [4.78, 5) is 10.9. The minimum absolute atomic E-state index is 0.0454. The third kappa shape index (κ3) is 4.05. The predicted octanol–water partition coefficient (Wildman–Crippen LogP) is 2.22. The van der Waals surface area contributed by atoms with Gasteiger partial charge in [-0.3, -0.25) is 4.55 Å². The lowest BCUT2D eigenvalue weighted by atomic mass is 10.3. The van der Waals surface area contributed by atoms with Gasteiger partial charge in [0.25, 0.3) is 11.3 Å². The van der Waals surface area contributed by atoms with E-state index in [-0.39, 0.29) is 10.8 Å². The molecule has 1 aromatic carbocycles. The summed E-state index contributed by atoms with van der Waals surface area (Å²) in [5, 5.41) is 0.514. The fourth-order valence-electron chi connectivity index (χ4n) is 0.750. The fraction of sp³-hybridized carbons (Fsp3) is 0. The van der Waals surface area contributed by atoms with Crippen LogP contribution in [-0.4, -0.2) is 14.9 Å². The van der Waals surface area contributed by atoms with Crippen LogP contribution in [0.2, 0.25) is 10.0 Å². The highest BCUT2D eigenvalue weighted by atomic mass is 35.5. The van der Waals surface area contributed by atoms with Crippen molar-refractivity contribution in [3.8, 4) is 5.75 Å². The number of carbonyl (C=O) groups is 1. The van der Waals surface area contributed by atoms with Crippen molar-refractivity contribution in [3.63, 3.8) is 0 Å². The van der Waals surface area contributed by atoms with Crippen molar-refractivity contribution < 1.29 is 18.3 Å². The van der Waals surface area contributed by atoms with E-state index in [1.165, 1.54) is 18.2 Å². The predicted molar refractivity (Wildman–Crippen MR) is 56.4 cm³/mol. The Morgan fingerprint density at radius 2 is 2.13 bits per heavy atom. The van der Waals surface area contributed by atoms with Crippen molar-refractivity contribution in [2.45, 2.75) is 0 Å². The molecule has 8 heteroatoms. The van der Waals surface area contributed by atoms with Gasteiger partial charge in [0.05, 0.1) is 5.02 Å². The van der Waals surface area contributed by atoms with E-state index in [1.807, 2.05) is 0 Å². The molecule has 1 rings (SSSR count). The lowest BCUT2D eigenvalue weighted by Gasteiger charge is -2.05. The zero-order valence-electron chi connectivity index (χ0n) is 7.07. The Morgan fingerprint density at radius 3 is 2.67 bits per heavy atom. The summed E-state index contributed by atoms with van der Waals surface area (Å²) in [6, 6.07) is 4.21. The SMILES string of the molecule is O=C(NS(=O)O)Oc1ccc(Cl)cc1Cl. The number of halogens is 2. The quantitative estimate of drug-likeness (QED) is 0.808. The van der Waals surface area contributed by atoms with Gasteiger partial charge in [-0.15, -0.1) is 0 Å². The molecular weight excluding hydrogens is 265 g/mol. The van der Waals surface area contributed by atoms with Gasteiger partial charge in [0, 0.05) is 5.02 Å². The van der Waals surface area contributed by atoms with Gasteiger partial charge in [-0.1, -0.05) is 23.2 Å². The van der Waals surface area contributed by atoms with Crippen LogP contribution in [-0.2, 0) is 11.3 Å². The van der Waals surface area contributed by atoms with Gasteiger partial charge in [-0.2, -0.15) is 0 Å². The van der Waals surface area contributed by atoms with E-state index in [9.17, 15) is 9.00 Å². The molecule has 0 saturated heterocycles. The Morgan fingerprint density at radius 1 is 1.47 bits per heavy atom. The highest BCUT2D eigenvalue weighted by molar-refractivity contribution is 7.77. The average molecular weight is 270 g/mol. The summed E-state index contributed by atoms with van der Waals surface area (Å²) in [5.41, 5.74) is 0. The number of carbonyl (C=O) groups excluding carboxylic acids is 1. The highest BCUT2D eigenvalue weighted by Gasteiger charge is 2.09. The molecule has 2 N–H and O–H groups in total. The number of amides is 1. The Bertz CT molecular complexity index is 412. The second kappa shape index (κ2) is 5.32. The molecule has 1 atom stereocenters. The Kier molecular flexibility index (Phi) is 4.34. The van der Waals surface area contributed by atoms with E-state index in [1.54, 1.807) is 4.72 Å². The van der Waals surface area contributed by atoms with Gasteiger partial charge in [0.1, 0.15) is 0 Å². The summed E-state index contributed by atoms with van der Waals surface area (Å²) in [6.07, 6.45) is -1.08. The van der Waals surface area contributed by atoms with Crippen LogP contribution in [0.25, 0.3) is 0 Å². The van der Waals surface area contributed by atoms with Crippen LogP contribution in [0.5, 0.6) is 5.75 Å². The molecule has 5 nitrogen and oxygen atoms in total. The van der Waals surface area contributed by atoms with Crippen LogP contribution >= 0.6 is 23.2 Å². The van der Waals surface area contributed by atoms with Crippen LogP contribution in [0.15, 0.2) is 18.2 Å². The van der Waals surface area contributed by atoms with Crippen LogP contribution in [0.1, 0.15) is 0 Å². The van der Waals surface area contributed by atoms with Crippen molar-refractivity contribution >= 4 is 40.6 Å². The first-order valence-corrected chi connectivity index (χ1v) is 5.39. The summed E-state index contributed by atoms with van der Waals surface area (Å²) >= 11 is 8.82. The average Bonchev–Trinajstić information content (AvgIpc) is 2.08. The second-order valence-electron chi connectivity index (χ2n) is 2.32. The molecule has 1 unspecified atom stereocenters. The highest BCUT2D eigenvalue weighted by Crippen LogP contribution is 2.27. The maximum absolute atomic E-state index is 10.9. The smallest absolute Gasteiger partial charge is 0.408 e. The van der Waals surface area contributed by atoms with Gasteiger partial charge in [0.15, 0.2) is 5.75 Å². The number of rotatable bonds is 2. The fourth-order valence-corrected chi connectivity index (χ4v) is 1.38. The van der Waals surface area contributed by atoms with Crippen LogP contribution in [0.3, 0.4) is 0 Å². The molecule has 0 aromatic heterocycles.